The number of rotatable bonds is 7. The topological polar surface area (TPSA) is 70.6 Å². The quantitative estimate of drug-likeness (QED) is 0.694. The molecule has 1 aromatic carbocycles. The van der Waals surface area contributed by atoms with Crippen molar-refractivity contribution in [3.05, 3.63) is 24.3 Å². The summed E-state index contributed by atoms with van der Waals surface area (Å²) in [6.45, 7) is 4.19. The van der Waals surface area contributed by atoms with Gasteiger partial charge in [-0.2, -0.15) is 0 Å². The maximum atomic E-state index is 11.8. The van der Waals surface area contributed by atoms with Crippen molar-refractivity contribution in [3.63, 3.8) is 0 Å². The monoisotopic (exact) mass is 266 g/mol. The molecule has 0 aliphatic rings. The van der Waals surface area contributed by atoms with Gasteiger partial charge in [-0.05, 0) is 25.0 Å². The lowest BCUT2D eigenvalue weighted by molar-refractivity contribution is -0.115. The summed E-state index contributed by atoms with van der Waals surface area (Å²) in [6, 6.07) is 7.29. The van der Waals surface area contributed by atoms with Gasteiger partial charge in [-0.25, -0.2) is 0 Å². The standard InChI is InChI=1S/C14H22N2O3/c1-10(9-17)11(2)15-8-14(18)16-12-5-4-6-13(7-12)19-3/h4-7,10-11,15,17H,8-9H2,1-3H3,(H,16,18). The van der Waals surface area contributed by atoms with Crippen LogP contribution in [0.2, 0.25) is 0 Å². The van der Waals surface area contributed by atoms with E-state index in [9.17, 15) is 4.79 Å². The Morgan fingerprint density at radius 1 is 1.42 bits per heavy atom. The van der Waals surface area contributed by atoms with Crippen molar-refractivity contribution in [1.82, 2.24) is 5.32 Å². The minimum absolute atomic E-state index is 0.0843. The van der Waals surface area contributed by atoms with Gasteiger partial charge >= 0.3 is 0 Å². The van der Waals surface area contributed by atoms with Gasteiger partial charge in [0, 0.05) is 24.4 Å². The average Bonchev–Trinajstić information content (AvgIpc) is 2.44. The third-order valence-corrected chi connectivity index (χ3v) is 3.08. The first-order valence-corrected chi connectivity index (χ1v) is 6.35. The maximum Gasteiger partial charge on any atom is 0.238 e. The molecule has 1 rings (SSSR count). The van der Waals surface area contributed by atoms with Crippen molar-refractivity contribution in [2.45, 2.75) is 19.9 Å². The zero-order valence-electron chi connectivity index (χ0n) is 11.6. The average molecular weight is 266 g/mol. The van der Waals surface area contributed by atoms with E-state index in [1.165, 1.54) is 0 Å². The molecule has 0 aliphatic carbocycles. The van der Waals surface area contributed by atoms with Crippen LogP contribution in [0.1, 0.15) is 13.8 Å². The predicted molar refractivity (Wildman–Crippen MR) is 75.3 cm³/mol. The van der Waals surface area contributed by atoms with Crippen LogP contribution in [0.4, 0.5) is 5.69 Å². The molecule has 3 N–H and O–H groups in total. The number of carbonyl (C=O) groups excluding carboxylic acids is 1. The van der Waals surface area contributed by atoms with Crippen LogP contribution in [-0.2, 0) is 4.79 Å². The number of ether oxygens (including phenoxy) is 1. The molecule has 0 fully saturated rings. The summed E-state index contributed by atoms with van der Waals surface area (Å²) in [5, 5.41) is 14.9. The third kappa shape index (κ3) is 5.28. The number of hydrogen-bond donors (Lipinski definition) is 3. The molecule has 0 bridgehead atoms. The van der Waals surface area contributed by atoms with E-state index in [1.807, 2.05) is 26.0 Å². The van der Waals surface area contributed by atoms with Crippen molar-refractivity contribution in [3.8, 4) is 5.75 Å². The van der Waals surface area contributed by atoms with Crippen molar-refractivity contribution in [2.24, 2.45) is 5.92 Å². The second-order valence-corrected chi connectivity index (χ2v) is 4.61. The zero-order valence-corrected chi connectivity index (χ0v) is 11.6. The Bertz CT molecular complexity index is 409. The first kappa shape index (κ1) is 15.5. The normalized spacial score (nSPS) is 13.7. The highest BCUT2D eigenvalue weighted by Gasteiger charge is 2.12. The molecular weight excluding hydrogens is 244 g/mol. The Hall–Kier alpha value is -1.59. The van der Waals surface area contributed by atoms with E-state index in [0.717, 1.165) is 0 Å². The van der Waals surface area contributed by atoms with E-state index in [2.05, 4.69) is 10.6 Å². The molecule has 0 heterocycles. The highest BCUT2D eigenvalue weighted by Crippen LogP contribution is 2.16. The largest absolute Gasteiger partial charge is 0.497 e. The van der Waals surface area contributed by atoms with Gasteiger partial charge in [0.25, 0.3) is 0 Å². The van der Waals surface area contributed by atoms with Gasteiger partial charge in [0.05, 0.1) is 13.7 Å². The van der Waals surface area contributed by atoms with Crippen molar-refractivity contribution in [2.75, 3.05) is 25.6 Å². The van der Waals surface area contributed by atoms with E-state index in [0.29, 0.717) is 11.4 Å². The Labute approximate surface area is 114 Å². The van der Waals surface area contributed by atoms with E-state index in [1.54, 1.807) is 19.2 Å². The van der Waals surface area contributed by atoms with Gasteiger partial charge in [-0.15, -0.1) is 0 Å². The highest BCUT2D eigenvalue weighted by atomic mass is 16.5. The first-order valence-electron chi connectivity index (χ1n) is 6.35. The van der Waals surface area contributed by atoms with E-state index < -0.39 is 0 Å². The first-order chi connectivity index (χ1) is 9.06. The zero-order chi connectivity index (χ0) is 14.3. The third-order valence-electron chi connectivity index (χ3n) is 3.08. The van der Waals surface area contributed by atoms with Gasteiger partial charge in [0.2, 0.25) is 5.91 Å². The minimum Gasteiger partial charge on any atom is -0.497 e. The molecule has 0 radical (unpaired) electrons. The molecule has 5 nitrogen and oxygen atoms in total. The molecule has 0 aromatic heterocycles. The van der Waals surface area contributed by atoms with Crippen LogP contribution in [-0.4, -0.2) is 37.3 Å². The number of aliphatic hydroxyl groups is 1. The fourth-order valence-electron chi connectivity index (χ4n) is 1.52. The molecule has 0 saturated carbocycles. The van der Waals surface area contributed by atoms with E-state index in [4.69, 9.17) is 9.84 Å². The van der Waals surface area contributed by atoms with Gasteiger partial charge in [0.1, 0.15) is 5.75 Å². The van der Waals surface area contributed by atoms with E-state index >= 15 is 0 Å². The van der Waals surface area contributed by atoms with Crippen molar-refractivity contribution < 1.29 is 14.6 Å². The number of amides is 1. The Kier molecular flexibility index (Phi) is 6.32. The second-order valence-electron chi connectivity index (χ2n) is 4.61. The summed E-state index contributed by atoms with van der Waals surface area (Å²) >= 11 is 0. The van der Waals surface area contributed by atoms with Gasteiger partial charge in [-0.1, -0.05) is 13.0 Å². The Morgan fingerprint density at radius 2 is 2.16 bits per heavy atom. The van der Waals surface area contributed by atoms with Crippen LogP contribution < -0.4 is 15.4 Å². The summed E-state index contributed by atoms with van der Waals surface area (Å²) in [6.07, 6.45) is 0. The summed E-state index contributed by atoms with van der Waals surface area (Å²) in [5.74, 6) is 0.697. The van der Waals surface area contributed by atoms with Crippen LogP contribution in [0.3, 0.4) is 0 Å². The van der Waals surface area contributed by atoms with Crippen molar-refractivity contribution >= 4 is 11.6 Å². The van der Waals surface area contributed by atoms with E-state index in [-0.39, 0.29) is 31.0 Å². The molecule has 19 heavy (non-hydrogen) atoms. The summed E-state index contributed by atoms with van der Waals surface area (Å²) in [4.78, 5) is 11.8. The number of benzene rings is 1. The molecule has 0 saturated heterocycles. The maximum absolute atomic E-state index is 11.8. The number of aliphatic hydroxyl groups excluding tert-OH is 1. The molecule has 5 heteroatoms. The molecular formula is C14H22N2O3. The van der Waals surface area contributed by atoms with Crippen LogP contribution in [0.5, 0.6) is 5.75 Å². The smallest absolute Gasteiger partial charge is 0.238 e. The number of nitrogens with one attached hydrogen (secondary N) is 2. The SMILES string of the molecule is COc1cccc(NC(=O)CNC(C)C(C)CO)c1. The van der Waals surface area contributed by atoms with Gasteiger partial charge in [-0.3, -0.25) is 4.79 Å². The van der Waals surface area contributed by atoms with Crippen LogP contribution in [0.25, 0.3) is 0 Å². The number of methoxy groups -OCH3 is 1. The molecule has 1 amide bonds. The summed E-state index contributed by atoms with van der Waals surface area (Å²) in [5.41, 5.74) is 0.703. The van der Waals surface area contributed by atoms with Gasteiger partial charge < -0.3 is 20.5 Å². The van der Waals surface area contributed by atoms with Crippen LogP contribution in [0, 0.1) is 5.92 Å². The molecule has 1 aromatic rings. The number of anilines is 1. The summed E-state index contributed by atoms with van der Waals surface area (Å²) in [7, 11) is 1.58. The second kappa shape index (κ2) is 7.76. The van der Waals surface area contributed by atoms with Gasteiger partial charge in [0.15, 0.2) is 0 Å². The molecule has 106 valence electrons. The van der Waals surface area contributed by atoms with Crippen LogP contribution in [0.15, 0.2) is 24.3 Å². The van der Waals surface area contributed by atoms with Crippen molar-refractivity contribution in [1.29, 1.82) is 0 Å². The van der Waals surface area contributed by atoms with Crippen LogP contribution >= 0.6 is 0 Å². The minimum atomic E-state index is -0.120. The lowest BCUT2D eigenvalue weighted by atomic mass is 10.1. The fraction of sp³-hybridized carbons (Fsp3) is 0.500. The molecule has 2 atom stereocenters. The Morgan fingerprint density at radius 3 is 2.79 bits per heavy atom. The number of carbonyl (C=O) groups is 1. The number of hydrogen-bond acceptors (Lipinski definition) is 4. The Balaban J connectivity index is 2.42. The molecule has 2 unspecified atom stereocenters. The fourth-order valence-corrected chi connectivity index (χ4v) is 1.52. The predicted octanol–water partition coefficient (Wildman–Crippen LogP) is 1.24. The lowest BCUT2D eigenvalue weighted by Gasteiger charge is -2.18. The molecule has 0 aliphatic heterocycles. The molecule has 0 spiro atoms. The highest BCUT2D eigenvalue weighted by molar-refractivity contribution is 5.92. The lowest BCUT2D eigenvalue weighted by Crippen LogP contribution is -2.39. The summed E-state index contributed by atoms with van der Waals surface area (Å²) < 4.78 is 5.09.